The highest BCUT2D eigenvalue weighted by molar-refractivity contribution is 5.84. The Morgan fingerprint density at radius 3 is 1.75 bits per heavy atom. The number of allylic oxidation sites excluding steroid dienone is 2. The number of hydrogen-bond acceptors (Lipinski definition) is 1. The molecule has 0 aromatic rings. The van der Waals surface area contributed by atoms with Crippen LogP contribution in [-0.4, -0.2) is 5.84 Å². The minimum atomic E-state index is 0.875. The van der Waals surface area contributed by atoms with Crippen LogP contribution in [-0.2, 0) is 0 Å². The van der Waals surface area contributed by atoms with Gasteiger partial charge in [0.2, 0.25) is 0 Å². The smallest absolute Gasteiger partial charge is 0.125 e. The van der Waals surface area contributed by atoms with E-state index in [0.717, 1.165) is 17.2 Å². The van der Waals surface area contributed by atoms with Crippen LogP contribution in [0.3, 0.4) is 0 Å². The summed E-state index contributed by atoms with van der Waals surface area (Å²) in [6.45, 7) is 5.84. The van der Waals surface area contributed by atoms with Crippen LogP contribution in [0.2, 0.25) is 0 Å². The number of amidine groups is 1. The zero-order chi connectivity index (χ0) is 6.15. The Bertz CT molecular complexity index is 165. The lowest BCUT2D eigenvalue weighted by Crippen LogP contribution is -2.02. The molecule has 8 heavy (non-hydrogen) atoms. The summed E-state index contributed by atoms with van der Waals surface area (Å²) in [7, 11) is 0. The van der Waals surface area contributed by atoms with Gasteiger partial charge in [-0.2, -0.15) is 0 Å². The molecule has 1 aliphatic heterocycles. The number of nitrogens with zero attached hydrogens (tertiary/aromatic N) is 2. The van der Waals surface area contributed by atoms with Crippen molar-refractivity contribution in [2.24, 2.45) is 4.99 Å². The first-order chi connectivity index (χ1) is 3.70. The van der Waals surface area contributed by atoms with Crippen LogP contribution < -0.4 is 5.32 Å². The number of rotatable bonds is 0. The molecule has 0 atom stereocenters. The predicted octanol–water partition coefficient (Wildman–Crippen LogP) is 1.27. The van der Waals surface area contributed by atoms with Gasteiger partial charge in [0.1, 0.15) is 5.84 Å². The zero-order valence-electron chi connectivity index (χ0n) is 5.39. The van der Waals surface area contributed by atoms with Crippen LogP contribution in [0.15, 0.2) is 16.4 Å². The molecule has 0 spiro atoms. The van der Waals surface area contributed by atoms with E-state index in [9.17, 15) is 0 Å². The maximum atomic E-state index is 4.10. The molecule has 1 rings (SSSR count). The van der Waals surface area contributed by atoms with Gasteiger partial charge < -0.3 is 0 Å². The van der Waals surface area contributed by atoms with Crippen molar-refractivity contribution < 1.29 is 0 Å². The van der Waals surface area contributed by atoms with E-state index in [1.54, 1.807) is 0 Å². The summed E-state index contributed by atoms with van der Waals surface area (Å²) in [6, 6.07) is 0. The van der Waals surface area contributed by atoms with Crippen LogP contribution >= 0.6 is 0 Å². The lowest BCUT2D eigenvalue weighted by atomic mass is 10.4. The normalized spacial score (nSPS) is 18.6. The van der Waals surface area contributed by atoms with Crippen molar-refractivity contribution >= 4 is 5.84 Å². The largest absolute Gasteiger partial charge is 0.237 e. The molecule has 0 aromatic carbocycles. The summed E-state index contributed by atoms with van der Waals surface area (Å²) >= 11 is 0. The summed E-state index contributed by atoms with van der Waals surface area (Å²) in [5.74, 6) is 0.875. The van der Waals surface area contributed by atoms with Gasteiger partial charge in [-0.05, 0) is 20.8 Å². The van der Waals surface area contributed by atoms with Crippen molar-refractivity contribution in [3.05, 3.63) is 11.4 Å². The average molecular weight is 109 g/mol. The topological polar surface area (TPSA) is 26.5 Å². The second-order valence-corrected chi connectivity index (χ2v) is 1.94. The van der Waals surface area contributed by atoms with Crippen molar-refractivity contribution in [3.63, 3.8) is 0 Å². The van der Waals surface area contributed by atoms with E-state index in [1.807, 2.05) is 20.8 Å². The Morgan fingerprint density at radius 2 is 1.62 bits per heavy atom. The van der Waals surface area contributed by atoms with Gasteiger partial charge in [-0.15, -0.1) is 0 Å². The maximum Gasteiger partial charge on any atom is 0.125 e. The molecule has 1 heterocycles. The van der Waals surface area contributed by atoms with Crippen molar-refractivity contribution in [3.8, 4) is 0 Å². The minimum absolute atomic E-state index is 0.875. The second-order valence-electron chi connectivity index (χ2n) is 1.94. The molecule has 2 heteroatoms. The highest BCUT2D eigenvalue weighted by Gasteiger charge is 2.05. The van der Waals surface area contributed by atoms with Gasteiger partial charge in [-0.1, -0.05) is 0 Å². The number of aliphatic imine (C=N–C) groups is 1. The first-order valence-corrected chi connectivity index (χ1v) is 2.64. The fourth-order valence-electron chi connectivity index (χ4n) is 0.672. The summed E-state index contributed by atoms with van der Waals surface area (Å²) in [6.07, 6.45) is 0. The monoisotopic (exact) mass is 109 g/mol. The van der Waals surface area contributed by atoms with Crippen molar-refractivity contribution in [1.82, 2.24) is 5.32 Å². The van der Waals surface area contributed by atoms with Crippen molar-refractivity contribution in [2.45, 2.75) is 20.8 Å². The minimum Gasteiger partial charge on any atom is -0.237 e. The molecular weight excluding hydrogens is 100 g/mol. The Balaban J connectivity index is 2.79. The standard InChI is InChI=1S/C6H9N2/c1-4-5(2)8-6(3)7-4/h1-3H3. The van der Waals surface area contributed by atoms with Crippen LogP contribution in [0, 0.1) is 0 Å². The van der Waals surface area contributed by atoms with E-state index < -0.39 is 0 Å². The number of hydrogen-bond donors (Lipinski definition) is 0. The summed E-state index contributed by atoms with van der Waals surface area (Å²) in [4.78, 5) is 4.10. The maximum absolute atomic E-state index is 4.10. The molecule has 0 aliphatic carbocycles. The van der Waals surface area contributed by atoms with Crippen LogP contribution in [0.5, 0.6) is 0 Å². The van der Waals surface area contributed by atoms with Gasteiger partial charge in [0, 0.05) is 0 Å². The molecule has 0 bridgehead atoms. The molecule has 0 fully saturated rings. The van der Waals surface area contributed by atoms with E-state index in [4.69, 9.17) is 0 Å². The molecule has 0 saturated carbocycles. The summed E-state index contributed by atoms with van der Waals surface area (Å²) < 4.78 is 0. The van der Waals surface area contributed by atoms with Gasteiger partial charge in [-0.25, -0.2) is 10.3 Å². The Labute approximate surface area is 49.3 Å². The van der Waals surface area contributed by atoms with E-state index >= 15 is 0 Å². The SMILES string of the molecule is CC1=NC(C)=C(C)[N]1. The first-order valence-electron chi connectivity index (χ1n) is 2.64. The average Bonchev–Trinajstić information content (AvgIpc) is 1.85. The highest BCUT2D eigenvalue weighted by atomic mass is 15.1. The fraction of sp³-hybridized carbons (Fsp3) is 0.500. The van der Waals surface area contributed by atoms with E-state index in [1.165, 1.54) is 0 Å². The van der Waals surface area contributed by atoms with Gasteiger partial charge in [0.25, 0.3) is 0 Å². The first kappa shape index (κ1) is 5.35. The molecule has 43 valence electrons. The molecule has 1 radical (unpaired) electrons. The van der Waals surface area contributed by atoms with Gasteiger partial charge in [-0.3, -0.25) is 0 Å². The van der Waals surface area contributed by atoms with Crippen LogP contribution in [0.1, 0.15) is 20.8 Å². The van der Waals surface area contributed by atoms with Crippen molar-refractivity contribution in [1.29, 1.82) is 0 Å². The molecule has 0 saturated heterocycles. The highest BCUT2D eigenvalue weighted by Crippen LogP contribution is 2.09. The van der Waals surface area contributed by atoms with Gasteiger partial charge >= 0.3 is 0 Å². The van der Waals surface area contributed by atoms with E-state index in [-0.39, 0.29) is 0 Å². The quantitative estimate of drug-likeness (QED) is 0.448. The predicted molar refractivity (Wildman–Crippen MR) is 33.6 cm³/mol. The Morgan fingerprint density at radius 1 is 1.00 bits per heavy atom. The van der Waals surface area contributed by atoms with E-state index in [2.05, 4.69) is 10.3 Å². The molecule has 2 nitrogen and oxygen atoms in total. The third kappa shape index (κ3) is 0.735. The summed E-state index contributed by atoms with van der Waals surface area (Å²) in [5, 5.41) is 4.10. The molecule has 0 aromatic heterocycles. The third-order valence-electron chi connectivity index (χ3n) is 1.18. The zero-order valence-corrected chi connectivity index (χ0v) is 5.39. The lowest BCUT2D eigenvalue weighted by Gasteiger charge is -1.88. The summed E-state index contributed by atoms with van der Waals surface area (Å²) in [5.41, 5.74) is 2.09. The van der Waals surface area contributed by atoms with Gasteiger partial charge in [0.15, 0.2) is 0 Å². The van der Waals surface area contributed by atoms with Gasteiger partial charge in [0.05, 0.1) is 11.4 Å². The van der Waals surface area contributed by atoms with Crippen molar-refractivity contribution in [2.75, 3.05) is 0 Å². The lowest BCUT2D eigenvalue weighted by molar-refractivity contribution is 1.10. The molecule has 0 amide bonds. The van der Waals surface area contributed by atoms with E-state index in [0.29, 0.717) is 0 Å². The molecule has 0 N–H and O–H groups in total. The Hall–Kier alpha value is -0.790. The third-order valence-corrected chi connectivity index (χ3v) is 1.18. The second kappa shape index (κ2) is 1.62. The van der Waals surface area contributed by atoms with Crippen LogP contribution in [0.4, 0.5) is 0 Å². The molecular formula is C6H9N2. The molecule has 1 aliphatic rings. The Kier molecular flexibility index (Phi) is 1.08. The molecule has 0 unspecified atom stereocenters. The van der Waals surface area contributed by atoms with Crippen LogP contribution in [0.25, 0.3) is 0 Å². The fourth-order valence-corrected chi connectivity index (χ4v) is 0.672.